The number of nitrogens with one attached hydrogen (secondary N) is 1. The number of aryl methyl sites for hydroxylation is 1. The van der Waals surface area contributed by atoms with Crippen LogP contribution in [-0.2, 0) is 4.79 Å². The molecule has 4 heteroatoms. The van der Waals surface area contributed by atoms with E-state index in [2.05, 4.69) is 10.4 Å². The second-order valence-electron chi connectivity index (χ2n) is 4.35. The Morgan fingerprint density at radius 3 is 2.78 bits per heavy atom. The van der Waals surface area contributed by atoms with Crippen molar-refractivity contribution in [1.29, 1.82) is 0 Å². The molecule has 18 heavy (non-hydrogen) atoms. The van der Waals surface area contributed by atoms with Crippen LogP contribution in [0, 0.1) is 6.92 Å². The molecule has 0 radical (unpaired) electrons. The van der Waals surface area contributed by atoms with Crippen molar-refractivity contribution in [3.05, 3.63) is 59.4 Å². The van der Waals surface area contributed by atoms with E-state index in [1.54, 1.807) is 4.68 Å². The first kappa shape index (κ1) is 10.8. The van der Waals surface area contributed by atoms with Crippen LogP contribution in [0.1, 0.15) is 22.9 Å². The number of amidine groups is 1. The molecule has 3 rings (SSSR count). The first-order valence-corrected chi connectivity index (χ1v) is 5.83. The van der Waals surface area contributed by atoms with Crippen LogP contribution < -0.4 is 5.32 Å². The van der Waals surface area contributed by atoms with Crippen LogP contribution in [0.15, 0.2) is 47.7 Å². The highest BCUT2D eigenvalue weighted by molar-refractivity contribution is 6.00. The molecule has 0 fully saturated rings. The van der Waals surface area contributed by atoms with Crippen LogP contribution in [-0.4, -0.2) is 16.8 Å². The van der Waals surface area contributed by atoms with Gasteiger partial charge in [-0.15, -0.1) is 0 Å². The fourth-order valence-corrected chi connectivity index (χ4v) is 2.04. The molecule has 0 saturated heterocycles. The molecule has 2 heterocycles. The monoisotopic (exact) mass is 239 g/mol. The molecule has 0 aliphatic carbocycles. The third-order valence-corrected chi connectivity index (χ3v) is 3.04. The van der Waals surface area contributed by atoms with E-state index in [9.17, 15) is 4.79 Å². The fourth-order valence-electron chi connectivity index (χ4n) is 2.04. The van der Waals surface area contributed by atoms with E-state index in [0.717, 1.165) is 23.4 Å². The Balaban J connectivity index is 2.04. The Hall–Kier alpha value is -2.36. The number of aromatic nitrogens is 1. The average molecular weight is 239 g/mol. The van der Waals surface area contributed by atoms with E-state index in [-0.39, 0.29) is 6.04 Å². The van der Waals surface area contributed by atoms with Crippen LogP contribution in [0.25, 0.3) is 0 Å². The summed E-state index contributed by atoms with van der Waals surface area (Å²) in [6.45, 7) is 2.04. The maximum atomic E-state index is 11.1. The summed E-state index contributed by atoms with van der Waals surface area (Å²) >= 11 is 0. The molecular weight excluding hydrogens is 226 g/mol. The molecule has 0 bridgehead atoms. The molecular formula is C14H13N3O. The Kier molecular flexibility index (Phi) is 2.48. The van der Waals surface area contributed by atoms with Crippen molar-refractivity contribution in [2.45, 2.75) is 13.0 Å². The summed E-state index contributed by atoms with van der Waals surface area (Å²) in [5, 5.41) is 7.61. The van der Waals surface area contributed by atoms with E-state index >= 15 is 0 Å². The van der Waals surface area contributed by atoms with E-state index in [1.807, 2.05) is 49.5 Å². The number of carbonyl (C=O) groups is 1. The number of benzene rings is 1. The fraction of sp³-hybridized carbons (Fsp3) is 0.143. The molecule has 1 aromatic carbocycles. The van der Waals surface area contributed by atoms with Crippen LogP contribution in [0.2, 0.25) is 0 Å². The normalized spacial score (nSPS) is 17.6. The standard InChI is InChI=1S/C14H13N3O/c1-10-4-6-11(7-5-10)14-15-12(9-18)13-3-2-8-17(13)16-14/h2-9,12H,1H3,(H,15,16). The number of aldehydes is 1. The van der Waals surface area contributed by atoms with Crippen LogP contribution in [0.5, 0.6) is 0 Å². The van der Waals surface area contributed by atoms with Gasteiger partial charge < -0.3 is 10.1 Å². The highest BCUT2D eigenvalue weighted by Crippen LogP contribution is 2.18. The van der Waals surface area contributed by atoms with E-state index < -0.39 is 0 Å². The predicted octanol–water partition coefficient (Wildman–Crippen LogP) is 1.85. The Morgan fingerprint density at radius 2 is 2.06 bits per heavy atom. The zero-order valence-corrected chi connectivity index (χ0v) is 10.00. The third kappa shape index (κ3) is 1.72. The minimum absolute atomic E-state index is 0.339. The van der Waals surface area contributed by atoms with Gasteiger partial charge in [-0.2, -0.15) is 5.10 Å². The predicted molar refractivity (Wildman–Crippen MR) is 69.5 cm³/mol. The molecule has 90 valence electrons. The summed E-state index contributed by atoms with van der Waals surface area (Å²) in [6.07, 6.45) is 2.75. The zero-order chi connectivity index (χ0) is 12.5. The molecule has 1 atom stereocenters. The maximum absolute atomic E-state index is 11.1. The second kappa shape index (κ2) is 4.14. The van der Waals surface area contributed by atoms with Crippen molar-refractivity contribution in [3.8, 4) is 0 Å². The van der Waals surface area contributed by atoms with Gasteiger partial charge >= 0.3 is 0 Å². The van der Waals surface area contributed by atoms with Crippen molar-refractivity contribution in [2.24, 2.45) is 5.10 Å². The molecule has 1 aromatic heterocycles. The van der Waals surface area contributed by atoms with E-state index in [4.69, 9.17) is 0 Å². The number of rotatable bonds is 2. The molecule has 1 aliphatic heterocycles. The molecule has 0 spiro atoms. The van der Waals surface area contributed by atoms with Crippen molar-refractivity contribution in [3.63, 3.8) is 0 Å². The summed E-state index contributed by atoms with van der Waals surface area (Å²) in [5.41, 5.74) is 3.04. The van der Waals surface area contributed by atoms with Gasteiger partial charge in [0.05, 0.1) is 5.69 Å². The maximum Gasteiger partial charge on any atom is 0.155 e. The topological polar surface area (TPSA) is 46.4 Å². The lowest BCUT2D eigenvalue weighted by atomic mass is 10.1. The van der Waals surface area contributed by atoms with Gasteiger partial charge in [-0.05, 0) is 19.1 Å². The molecule has 0 saturated carbocycles. The lowest BCUT2D eigenvalue weighted by molar-refractivity contribution is -0.109. The Labute approximate surface area is 105 Å². The van der Waals surface area contributed by atoms with Gasteiger partial charge in [0.2, 0.25) is 0 Å². The van der Waals surface area contributed by atoms with Crippen molar-refractivity contribution < 1.29 is 4.79 Å². The molecule has 4 nitrogen and oxygen atoms in total. The van der Waals surface area contributed by atoms with Gasteiger partial charge in [0.1, 0.15) is 12.3 Å². The molecule has 2 aromatic rings. The van der Waals surface area contributed by atoms with Gasteiger partial charge in [-0.1, -0.05) is 29.8 Å². The van der Waals surface area contributed by atoms with Gasteiger partial charge in [0, 0.05) is 11.8 Å². The van der Waals surface area contributed by atoms with Crippen molar-refractivity contribution in [2.75, 3.05) is 0 Å². The van der Waals surface area contributed by atoms with E-state index in [1.165, 1.54) is 5.56 Å². The summed E-state index contributed by atoms with van der Waals surface area (Å²) in [6, 6.07) is 11.5. The van der Waals surface area contributed by atoms with Gasteiger partial charge in [-0.25, -0.2) is 4.68 Å². The first-order chi connectivity index (χ1) is 8.78. The summed E-state index contributed by atoms with van der Waals surface area (Å²) in [7, 11) is 0. The highest BCUT2D eigenvalue weighted by Gasteiger charge is 2.21. The average Bonchev–Trinajstić information content (AvgIpc) is 2.86. The number of nitrogens with zero attached hydrogens (tertiary/aromatic N) is 2. The van der Waals surface area contributed by atoms with Crippen LogP contribution in [0.4, 0.5) is 0 Å². The Bertz CT molecular complexity index is 610. The number of hydrogen-bond donors (Lipinski definition) is 1. The molecule has 1 unspecified atom stereocenters. The quantitative estimate of drug-likeness (QED) is 0.813. The molecule has 0 amide bonds. The van der Waals surface area contributed by atoms with Crippen LogP contribution in [0.3, 0.4) is 0 Å². The first-order valence-electron chi connectivity index (χ1n) is 5.83. The third-order valence-electron chi connectivity index (χ3n) is 3.04. The Morgan fingerprint density at radius 1 is 1.28 bits per heavy atom. The highest BCUT2D eigenvalue weighted by atomic mass is 16.1. The number of carbonyl (C=O) groups excluding carboxylic acids is 1. The second-order valence-corrected chi connectivity index (χ2v) is 4.35. The minimum Gasteiger partial charge on any atom is -0.353 e. The van der Waals surface area contributed by atoms with Crippen molar-refractivity contribution >= 4 is 12.1 Å². The molecule has 1 aliphatic rings. The number of hydrogen-bond acceptors (Lipinski definition) is 3. The van der Waals surface area contributed by atoms with Crippen molar-refractivity contribution in [1.82, 2.24) is 9.99 Å². The largest absolute Gasteiger partial charge is 0.353 e. The SMILES string of the molecule is Cc1ccc(C2=Nn3cccc3C(C=O)N2)cc1. The summed E-state index contributed by atoms with van der Waals surface area (Å²) in [4.78, 5) is 11.1. The van der Waals surface area contributed by atoms with Gasteiger partial charge in [0.25, 0.3) is 0 Å². The van der Waals surface area contributed by atoms with Crippen LogP contribution >= 0.6 is 0 Å². The minimum atomic E-state index is -0.339. The summed E-state index contributed by atoms with van der Waals surface area (Å²) in [5.74, 6) is 0.718. The lowest BCUT2D eigenvalue weighted by Crippen LogP contribution is -2.35. The number of fused-ring (bicyclic) bond motifs is 1. The zero-order valence-electron chi connectivity index (χ0n) is 10.00. The smallest absolute Gasteiger partial charge is 0.155 e. The van der Waals surface area contributed by atoms with E-state index in [0.29, 0.717) is 0 Å². The summed E-state index contributed by atoms with van der Waals surface area (Å²) < 4.78 is 1.74. The molecule has 1 N–H and O–H groups in total. The van der Waals surface area contributed by atoms with Gasteiger partial charge in [0.15, 0.2) is 5.84 Å². The lowest BCUT2D eigenvalue weighted by Gasteiger charge is -2.22. The van der Waals surface area contributed by atoms with Gasteiger partial charge in [-0.3, -0.25) is 0 Å².